The zero-order valence-electron chi connectivity index (χ0n) is 15.7. The Kier molecular flexibility index (Phi) is 6.55. The maximum absolute atomic E-state index is 5.95. The van der Waals surface area contributed by atoms with Gasteiger partial charge in [0.2, 0.25) is 0 Å². The van der Waals surface area contributed by atoms with Crippen molar-refractivity contribution >= 4 is 6.08 Å². The number of hydrogen-bond acceptors (Lipinski definition) is 5. The summed E-state index contributed by atoms with van der Waals surface area (Å²) in [5.74, 6) is 2.49. The highest BCUT2D eigenvalue weighted by Crippen LogP contribution is 2.34. The molecular formula is C20H29N5O. The predicted octanol–water partition coefficient (Wildman–Crippen LogP) is 2.27. The van der Waals surface area contributed by atoms with Gasteiger partial charge in [0, 0.05) is 32.2 Å². The SMILES string of the molecule is COCCn1c(CN(C)CC=Cc2ccccc2)nnc1C1CC(N)C1. The highest BCUT2D eigenvalue weighted by Gasteiger charge is 2.32. The molecule has 1 saturated carbocycles. The first-order valence-corrected chi connectivity index (χ1v) is 9.24. The molecule has 140 valence electrons. The summed E-state index contributed by atoms with van der Waals surface area (Å²) < 4.78 is 7.49. The molecule has 1 aliphatic carbocycles. The lowest BCUT2D eigenvalue weighted by Crippen LogP contribution is -2.36. The molecule has 1 aromatic heterocycles. The van der Waals surface area contributed by atoms with Crippen molar-refractivity contribution in [3.05, 3.63) is 53.6 Å². The molecular weight excluding hydrogens is 326 g/mol. The third-order valence-corrected chi connectivity index (χ3v) is 4.85. The summed E-state index contributed by atoms with van der Waals surface area (Å²) in [7, 11) is 3.83. The number of aromatic nitrogens is 3. The van der Waals surface area contributed by atoms with E-state index in [0.717, 1.165) is 44.1 Å². The van der Waals surface area contributed by atoms with Gasteiger partial charge >= 0.3 is 0 Å². The van der Waals surface area contributed by atoms with E-state index in [4.69, 9.17) is 10.5 Å². The molecule has 0 saturated heterocycles. The van der Waals surface area contributed by atoms with Gasteiger partial charge in [-0.15, -0.1) is 10.2 Å². The van der Waals surface area contributed by atoms with Crippen molar-refractivity contribution in [3.8, 4) is 0 Å². The van der Waals surface area contributed by atoms with Crippen LogP contribution >= 0.6 is 0 Å². The molecule has 2 N–H and O–H groups in total. The first-order valence-electron chi connectivity index (χ1n) is 9.24. The van der Waals surface area contributed by atoms with Crippen LogP contribution in [0.2, 0.25) is 0 Å². The maximum Gasteiger partial charge on any atom is 0.147 e. The Morgan fingerprint density at radius 2 is 2.04 bits per heavy atom. The maximum atomic E-state index is 5.95. The molecule has 1 heterocycles. The zero-order valence-corrected chi connectivity index (χ0v) is 15.7. The second kappa shape index (κ2) is 9.07. The number of nitrogens with zero attached hydrogens (tertiary/aromatic N) is 4. The van der Waals surface area contributed by atoms with Gasteiger partial charge in [-0.25, -0.2) is 0 Å². The van der Waals surface area contributed by atoms with E-state index in [1.54, 1.807) is 7.11 Å². The molecule has 6 nitrogen and oxygen atoms in total. The Balaban J connectivity index is 1.61. The van der Waals surface area contributed by atoms with Crippen LogP contribution in [0.4, 0.5) is 0 Å². The van der Waals surface area contributed by atoms with Gasteiger partial charge in [-0.3, -0.25) is 4.90 Å². The molecule has 0 unspecified atom stereocenters. The summed E-state index contributed by atoms with van der Waals surface area (Å²) in [6, 6.07) is 10.6. The molecule has 0 spiro atoms. The Labute approximate surface area is 155 Å². The largest absolute Gasteiger partial charge is 0.383 e. The van der Waals surface area contributed by atoms with Crippen molar-refractivity contribution in [2.24, 2.45) is 5.73 Å². The summed E-state index contributed by atoms with van der Waals surface area (Å²) in [6.45, 7) is 3.06. The van der Waals surface area contributed by atoms with Gasteiger partial charge < -0.3 is 15.0 Å². The monoisotopic (exact) mass is 355 g/mol. The lowest BCUT2D eigenvalue weighted by Gasteiger charge is -2.32. The molecule has 3 rings (SSSR count). The first kappa shape index (κ1) is 18.8. The predicted molar refractivity (Wildman–Crippen MR) is 104 cm³/mol. The number of nitrogens with two attached hydrogens (primary N) is 1. The van der Waals surface area contributed by atoms with Crippen LogP contribution in [0.15, 0.2) is 36.4 Å². The zero-order chi connectivity index (χ0) is 18.4. The number of rotatable bonds is 9. The normalized spacial score (nSPS) is 20.0. The van der Waals surface area contributed by atoms with Crippen LogP contribution in [-0.4, -0.2) is 53.0 Å². The molecule has 1 fully saturated rings. The molecule has 2 aromatic rings. The second-order valence-corrected chi connectivity index (χ2v) is 7.06. The van der Waals surface area contributed by atoms with Gasteiger partial charge in [0.05, 0.1) is 13.2 Å². The van der Waals surface area contributed by atoms with E-state index in [1.807, 2.05) is 6.07 Å². The topological polar surface area (TPSA) is 69.2 Å². The van der Waals surface area contributed by atoms with E-state index in [-0.39, 0.29) is 0 Å². The third-order valence-electron chi connectivity index (χ3n) is 4.85. The van der Waals surface area contributed by atoms with Crippen LogP contribution in [0, 0.1) is 0 Å². The molecule has 0 aliphatic heterocycles. The molecule has 0 radical (unpaired) electrons. The minimum atomic E-state index is 0.307. The van der Waals surface area contributed by atoms with Crippen molar-refractivity contribution in [2.75, 3.05) is 27.3 Å². The summed E-state index contributed by atoms with van der Waals surface area (Å²) in [5, 5.41) is 8.92. The summed E-state index contributed by atoms with van der Waals surface area (Å²) in [6.07, 6.45) is 6.33. The summed E-state index contributed by atoms with van der Waals surface area (Å²) >= 11 is 0. The molecule has 1 aliphatic rings. The van der Waals surface area contributed by atoms with E-state index in [1.165, 1.54) is 5.56 Å². The van der Waals surface area contributed by atoms with E-state index in [9.17, 15) is 0 Å². The van der Waals surface area contributed by atoms with Gasteiger partial charge in [0.1, 0.15) is 11.6 Å². The first-order chi connectivity index (χ1) is 12.7. The smallest absolute Gasteiger partial charge is 0.147 e. The summed E-state index contributed by atoms with van der Waals surface area (Å²) in [4.78, 5) is 2.24. The number of benzene rings is 1. The Bertz CT molecular complexity index is 706. The minimum Gasteiger partial charge on any atom is -0.383 e. The van der Waals surface area contributed by atoms with Crippen LogP contribution < -0.4 is 5.73 Å². The van der Waals surface area contributed by atoms with Crippen molar-refractivity contribution in [2.45, 2.75) is 37.9 Å². The molecule has 0 atom stereocenters. The van der Waals surface area contributed by atoms with Crippen molar-refractivity contribution < 1.29 is 4.74 Å². The third kappa shape index (κ3) is 4.78. The average molecular weight is 355 g/mol. The Hall–Kier alpha value is -2.02. The second-order valence-electron chi connectivity index (χ2n) is 7.06. The van der Waals surface area contributed by atoms with Crippen molar-refractivity contribution in [1.29, 1.82) is 0 Å². The summed E-state index contributed by atoms with van der Waals surface area (Å²) in [5.41, 5.74) is 7.16. The molecule has 0 amide bonds. The number of methoxy groups -OCH3 is 1. The Morgan fingerprint density at radius 3 is 2.73 bits per heavy atom. The highest BCUT2D eigenvalue weighted by molar-refractivity contribution is 5.48. The lowest BCUT2D eigenvalue weighted by atomic mass is 9.80. The van der Waals surface area contributed by atoms with Gasteiger partial charge in [-0.1, -0.05) is 42.5 Å². The van der Waals surface area contributed by atoms with Gasteiger partial charge in [-0.2, -0.15) is 0 Å². The van der Waals surface area contributed by atoms with E-state index in [0.29, 0.717) is 18.6 Å². The quantitative estimate of drug-likeness (QED) is 0.747. The van der Waals surface area contributed by atoms with Crippen LogP contribution in [0.1, 0.15) is 36.0 Å². The molecule has 6 heteroatoms. The fraction of sp³-hybridized carbons (Fsp3) is 0.500. The number of likely N-dealkylation sites (N-methyl/N-ethyl adjacent to an activating group) is 1. The van der Waals surface area contributed by atoms with Crippen molar-refractivity contribution in [3.63, 3.8) is 0 Å². The molecule has 0 bridgehead atoms. The van der Waals surface area contributed by atoms with E-state index < -0.39 is 0 Å². The molecule has 1 aromatic carbocycles. The van der Waals surface area contributed by atoms with E-state index in [2.05, 4.69) is 63.1 Å². The number of hydrogen-bond donors (Lipinski definition) is 1. The van der Waals surface area contributed by atoms with Crippen LogP contribution in [0.5, 0.6) is 0 Å². The fourth-order valence-corrected chi connectivity index (χ4v) is 3.31. The van der Waals surface area contributed by atoms with Crippen LogP contribution in [-0.2, 0) is 17.8 Å². The van der Waals surface area contributed by atoms with Gasteiger partial charge in [-0.05, 0) is 25.5 Å². The molecule has 26 heavy (non-hydrogen) atoms. The average Bonchev–Trinajstić information content (AvgIpc) is 3.00. The Morgan fingerprint density at radius 1 is 1.27 bits per heavy atom. The van der Waals surface area contributed by atoms with Crippen molar-refractivity contribution in [1.82, 2.24) is 19.7 Å². The van der Waals surface area contributed by atoms with E-state index >= 15 is 0 Å². The van der Waals surface area contributed by atoms with Gasteiger partial charge in [0.25, 0.3) is 0 Å². The number of ether oxygens (including phenoxy) is 1. The highest BCUT2D eigenvalue weighted by atomic mass is 16.5. The fourth-order valence-electron chi connectivity index (χ4n) is 3.31. The van der Waals surface area contributed by atoms with Crippen LogP contribution in [0.25, 0.3) is 6.08 Å². The van der Waals surface area contributed by atoms with Crippen LogP contribution in [0.3, 0.4) is 0 Å². The van der Waals surface area contributed by atoms with Gasteiger partial charge in [0.15, 0.2) is 0 Å². The standard InChI is InChI=1S/C20H29N5O/c1-24(10-6-9-16-7-4-3-5-8-16)15-19-22-23-20(17-13-18(21)14-17)25(19)11-12-26-2/h3-9,17-18H,10-15,21H2,1-2H3. The minimum absolute atomic E-state index is 0.307. The lowest BCUT2D eigenvalue weighted by molar-refractivity contribution is 0.182.